The average molecular weight is 386 g/mol. The normalized spacial score (nSPS) is 21.4. The minimum absolute atomic E-state index is 0.0461. The highest BCUT2D eigenvalue weighted by atomic mass is 16.2. The third-order valence-electron chi connectivity index (χ3n) is 5.41. The fraction of sp³-hybridized carbons (Fsp3) is 0.571. The highest BCUT2D eigenvalue weighted by Crippen LogP contribution is 2.37. The van der Waals surface area contributed by atoms with Crippen molar-refractivity contribution >= 4 is 29.2 Å². The Hall–Kier alpha value is -2.57. The number of urea groups is 1. The van der Waals surface area contributed by atoms with Crippen molar-refractivity contribution in [1.82, 2.24) is 10.2 Å². The summed E-state index contributed by atoms with van der Waals surface area (Å²) in [4.78, 5) is 37.9. The van der Waals surface area contributed by atoms with Gasteiger partial charge in [0.2, 0.25) is 11.8 Å². The van der Waals surface area contributed by atoms with E-state index in [1.165, 1.54) is 12.8 Å². The Morgan fingerprint density at radius 2 is 1.54 bits per heavy atom. The lowest BCUT2D eigenvalue weighted by Gasteiger charge is -2.20. The summed E-state index contributed by atoms with van der Waals surface area (Å²) in [6.45, 7) is 4.00. The van der Waals surface area contributed by atoms with Crippen LogP contribution in [0, 0.1) is 11.8 Å². The van der Waals surface area contributed by atoms with Gasteiger partial charge < -0.3 is 20.9 Å². The molecule has 28 heavy (non-hydrogen) atoms. The van der Waals surface area contributed by atoms with Crippen LogP contribution < -0.4 is 16.0 Å². The molecule has 1 saturated heterocycles. The van der Waals surface area contributed by atoms with Gasteiger partial charge in [0, 0.05) is 43.3 Å². The second-order valence-corrected chi connectivity index (χ2v) is 7.82. The topological polar surface area (TPSA) is 90.5 Å². The van der Waals surface area contributed by atoms with Crippen LogP contribution in [0.15, 0.2) is 24.3 Å². The van der Waals surface area contributed by atoms with Gasteiger partial charge >= 0.3 is 6.03 Å². The summed E-state index contributed by atoms with van der Waals surface area (Å²) in [5.41, 5.74) is 1.37. The Labute approximate surface area is 166 Å². The third-order valence-corrected chi connectivity index (χ3v) is 5.41. The summed E-state index contributed by atoms with van der Waals surface area (Å²) < 4.78 is 0. The second kappa shape index (κ2) is 9.57. The van der Waals surface area contributed by atoms with Gasteiger partial charge in [-0.05, 0) is 49.4 Å². The van der Waals surface area contributed by atoms with Crippen molar-refractivity contribution in [2.45, 2.75) is 45.4 Å². The Kier molecular flexibility index (Phi) is 6.90. The van der Waals surface area contributed by atoms with E-state index in [1.807, 2.05) is 4.90 Å². The minimum Gasteiger partial charge on any atom is -0.355 e. The van der Waals surface area contributed by atoms with E-state index in [0.717, 1.165) is 32.4 Å². The zero-order chi connectivity index (χ0) is 19.9. The zero-order valence-corrected chi connectivity index (χ0v) is 16.5. The molecule has 1 heterocycles. The lowest BCUT2D eigenvalue weighted by Crippen LogP contribution is -2.35. The van der Waals surface area contributed by atoms with E-state index in [-0.39, 0.29) is 30.2 Å². The number of anilines is 2. The Morgan fingerprint density at radius 1 is 0.964 bits per heavy atom. The third kappa shape index (κ3) is 5.97. The quantitative estimate of drug-likeness (QED) is 0.701. The van der Waals surface area contributed by atoms with E-state index >= 15 is 0 Å². The van der Waals surface area contributed by atoms with Crippen LogP contribution >= 0.6 is 0 Å². The van der Waals surface area contributed by atoms with Crippen LogP contribution in [-0.4, -0.2) is 42.4 Å². The summed E-state index contributed by atoms with van der Waals surface area (Å²) in [7, 11) is 0. The van der Waals surface area contributed by atoms with Crippen LogP contribution in [0.25, 0.3) is 0 Å². The first-order valence-corrected chi connectivity index (χ1v) is 10.3. The van der Waals surface area contributed by atoms with Gasteiger partial charge in [0.25, 0.3) is 0 Å². The van der Waals surface area contributed by atoms with Crippen LogP contribution in [0.2, 0.25) is 0 Å². The molecule has 7 nitrogen and oxygen atoms in total. The van der Waals surface area contributed by atoms with Gasteiger partial charge in [-0.2, -0.15) is 0 Å². The fourth-order valence-corrected chi connectivity index (χ4v) is 3.45. The molecule has 1 aliphatic heterocycles. The van der Waals surface area contributed by atoms with Crippen LogP contribution in [-0.2, 0) is 9.59 Å². The maximum atomic E-state index is 12.3. The lowest BCUT2D eigenvalue weighted by atomic mass is 10.2. The van der Waals surface area contributed by atoms with Crippen LogP contribution in [0.1, 0.15) is 45.4 Å². The van der Waals surface area contributed by atoms with Crippen LogP contribution in [0.3, 0.4) is 0 Å². The van der Waals surface area contributed by atoms with Crippen molar-refractivity contribution in [3.05, 3.63) is 24.3 Å². The number of hydrogen-bond donors (Lipinski definition) is 3. The minimum atomic E-state index is -0.148. The van der Waals surface area contributed by atoms with Crippen molar-refractivity contribution in [3.63, 3.8) is 0 Å². The standard InChI is InChI=1S/C21H30N4O3/c1-15-14-18(15)20(27)22-11-10-19(26)23-16-6-8-17(9-7-16)24-21(28)25-12-4-2-3-5-13-25/h6-9,15,18H,2-5,10-14H2,1H3,(H,22,27)(H,23,26)(H,24,28). The molecule has 3 N–H and O–H groups in total. The maximum Gasteiger partial charge on any atom is 0.321 e. The highest BCUT2D eigenvalue weighted by molar-refractivity contribution is 5.92. The highest BCUT2D eigenvalue weighted by Gasteiger charge is 2.38. The van der Waals surface area contributed by atoms with Crippen molar-refractivity contribution in [2.75, 3.05) is 30.3 Å². The number of carbonyl (C=O) groups excluding carboxylic acids is 3. The Bertz CT molecular complexity index is 696. The molecule has 1 aromatic rings. The molecular weight excluding hydrogens is 356 g/mol. The number of hydrogen-bond acceptors (Lipinski definition) is 3. The van der Waals surface area contributed by atoms with E-state index in [1.54, 1.807) is 24.3 Å². The lowest BCUT2D eigenvalue weighted by molar-refractivity contribution is -0.122. The summed E-state index contributed by atoms with van der Waals surface area (Å²) in [5.74, 6) is 0.489. The molecule has 0 radical (unpaired) electrons. The van der Waals surface area contributed by atoms with Gasteiger partial charge in [-0.25, -0.2) is 4.79 Å². The van der Waals surface area contributed by atoms with Crippen molar-refractivity contribution in [3.8, 4) is 0 Å². The number of benzene rings is 1. The van der Waals surface area contributed by atoms with Gasteiger partial charge in [0.1, 0.15) is 0 Å². The van der Waals surface area contributed by atoms with E-state index in [0.29, 0.717) is 23.8 Å². The number of carbonyl (C=O) groups is 3. The molecule has 1 aliphatic carbocycles. The molecule has 2 unspecified atom stereocenters. The number of nitrogens with zero attached hydrogens (tertiary/aromatic N) is 1. The predicted octanol–water partition coefficient (Wildman–Crippen LogP) is 3.20. The number of nitrogens with one attached hydrogen (secondary N) is 3. The van der Waals surface area contributed by atoms with Crippen LogP contribution in [0.5, 0.6) is 0 Å². The number of amides is 4. The zero-order valence-electron chi connectivity index (χ0n) is 16.5. The molecule has 3 rings (SSSR count). The van der Waals surface area contributed by atoms with E-state index < -0.39 is 0 Å². The first kappa shape index (κ1) is 20.2. The molecule has 0 aromatic heterocycles. The molecule has 152 valence electrons. The van der Waals surface area contributed by atoms with Crippen molar-refractivity contribution < 1.29 is 14.4 Å². The molecule has 2 aliphatic rings. The predicted molar refractivity (Wildman–Crippen MR) is 109 cm³/mol. The summed E-state index contributed by atoms with van der Waals surface area (Å²) in [6.07, 6.45) is 5.65. The fourth-order valence-electron chi connectivity index (χ4n) is 3.45. The largest absolute Gasteiger partial charge is 0.355 e. The molecule has 1 aromatic carbocycles. The van der Waals surface area contributed by atoms with Crippen molar-refractivity contribution in [2.24, 2.45) is 11.8 Å². The average Bonchev–Trinajstić information content (AvgIpc) is 3.45. The smallest absolute Gasteiger partial charge is 0.321 e. The van der Waals surface area contributed by atoms with Gasteiger partial charge in [0.15, 0.2) is 0 Å². The molecule has 0 spiro atoms. The van der Waals surface area contributed by atoms with Crippen molar-refractivity contribution in [1.29, 1.82) is 0 Å². The second-order valence-electron chi connectivity index (χ2n) is 7.82. The van der Waals surface area contributed by atoms with E-state index in [4.69, 9.17) is 0 Å². The van der Waals surface area contributed by atoms with E-state index in [9.17, 15) is 14.4 Å². The maximum absolute atomic E-state index is 12.3. The van der Waals surface area contributed by atoms with Gasteiger partial charge in [-0.15, -0.1) is 0 Å². The Morgan fingerprint density at radius 3 is 2.11 bits per heavy atom. The molecule has 1 saturated carbocycles. The molecule has 0 bridgehead atoms. The number of rotatable bonds is 6. The van der Waals surface area contributed by atoms with Gasteiger partial charge in [0.05, 0.1) is 0 Å². The summed E-state index contributed by atoms with van der Waals surface area (Å²) in [6, 6.07) is 7.02. The van der Waals surface area contributed by atoms with Gasteiger partial charge in [-0.1, -0.05) is 19.8 Å². The first-order chi connectivity index (χ1) is 13.5. The number of likely N-dealkylation sites (tertiary alicyclic amines) is 1. The molecule has 7 heteroatoms. The van der Waals surface area contributed by atoms with E-state index in [2.05, 4.69) is 22.9 Å². The monoisotopic (exact) mass is 386 g/mol. The molecule has 2 atom stereocenters. The van der Waals surface area contributed by atoms with Crippen LogP contribution in [0.4, 0.5) is 16.2 Å². The van der Waals surface area contributed by atoms with Gasteiger partial charge in [-0.3, -0.25) is 9.59 Å². The molecule has 2 fully saturated rings. The first-order valence-electron chi connectivity index (χ1n) is 10.3. The molecule has 4 amide bonds. The Balaban J connectivity index is 1.39. The SMILES string of the molecule is CC1CC1C(=O)NCCC(=O)Nc1ccc(NC(=O)N2CCCCCC2)cc1. The summed E-state index contributed by atoms with van der Waals surface area (Å²) >= 11 is 0. The molecular formula is C21H30N4O3. The summed E-state index contributed by atoms with van der Waals surface area (Å²) in [5, 5.41) is 8.53.